The molecule has 2 aromatic rings. The van der Waals surface area contributed by atoms with E-state index in [1.807, 2.05) is 0 Å². The van der Waals surface area contributed by atoms with Crippen molar-refractivity contribution in [2.24, 2.45) is 7.05 Å². The van der Waals surface area contributed by atoms with Gasteiger partial charge in [-0.25, -0.2) is 4.39 Å². The van der Waals surface area contributed by atoms with Crippen molar-refractivity contribution in [1.82, 2.24) is 14.8 Å². The van der Waals surface area contributed by atoms with Crippen LogP contribution in [-0.2, 0) is 11.8 Å². The summed E-state index contributed by atoms with van der Waals surface area (Å²) in [5.74, 6) is -0.324. The SMILES string of the molecule is CCOc1cc(F)ccc1NC(=O)C(C)Sc1nncn1C. The standard InChI is InChI=1S/C14H17FN4O2S/c1-4-21-12-7-10(15)5-6-11(12)17-13(20)9(2)22-14-18-16-8-19(14)3/h5-9H,4H2,1-3H3,(H,17,20). The number of nitrogens with one attached hydrogen (secondary N) is 1. The molecular weight excluding hydrogens is 307 g/mol. The Kier molecular flexibility index (Phi) is 5.37. The first-order chi connectivity index (χ1) is 10.5. The summed E-state index contributed by atoms with van der Waals surface area (Å²) in [4.78, 5) is 12.3. The van der Waals surface area contributed by atoms with Crippen molar-refractivity contribution in [1.29, 1.82) is 0 Å². The molecule has 1 heterocycles. The molecule has 0 fully saturated rings. The molecule has 2 rings (SSSR count). The van der Waals surface area contributed by atoms with E-state index in [1.54, 1.807) is 31.8 Å². The summed E-state index contributed by atoms with van der Waals surface area (Å²) in [7, 11) is 1.81. The van der Waals surface area contributed by atoms with Crippen LogP contribution in [0, 0.1) is 5.82 Å². The lowest BCUT2D eigenvalue weighted by Gasteiger charge is -2.14. The minimum Gasteiger partial charge on any atom is -0.492 e. The summed E-state index contributed by atoms with van der Waals surface area (Å²) >= 11 is 1.29. The summed E-state index contributed by atoms with van der Waals surface area (Å²) in [5.41, 5.74) is 0.443. The third kappa shape index (κ3) is 3.97. The second-order valence-electron chi connectivity index (χ2n) is 4.55. The highest BCUT2D eigenvalue weighted by molar-refractivity contribution is 8.00. The van der Waals surface area contributed by atoms with Crippen molar-refractivity contribution in [2.75, 3.05) is 11.9 Å². The van der Waals surface area contributed by atoms with Gasteiger partial charge in [-0.15, -0.1) is 10.2 Å². The molecule has 0 aliphatic heterocycles. The fourth-order valence-corrected chi connectivity index (χ4v) is 2.49. The number of ether oxygens (including phenoxy) is 1. The Morgan fingerprint density at radius 2 is 2.32 bits per heavy atom. The van der Waals surface area contributed by atoms with E-state index < -0.39 is 5.82 Å². The maximum absolute atomic E-state index is 13.2. The molecule has 1 aromatic heterocycles. The zero-order valence-corrected chi connectivity index (χ0v) is 13.4. The van der Waals surface area contributed by atoms with Crippen LogP contribution >= 0.6 is 11.8 Å². The number of amides is 1. The van der Waals surface area contributed by atoms with Crippen molar-refractivity contribution >= 4 is 23.4 Å². The third-order valence-corrected chi connectivity index (χ3v) is 3.97. The highest BCUT2D eigenvalue weighted by atomic mass is 32.2. The average Bonchev–Trinajstić information content (AvgIpc) is 2.87. The van der Waals surface area contributed by atoms with Crippen LogP contribution in [0.3, 0.4) is 0 Å². The fourth-order valence-electron chi connectivity index (χ4n) is 1.70. The normalized spacial score (nSPS) is 12.0. The predicted octanol–water partition coefficient (Wildman–Crippen LogP) is 2.47. The molecule has 8 heteroatoms. The molecule has 1 atom stereocenters. The van der Waals surface area contributed by atoms with E-state index in [2.05, 4.69) is 15.5 Å². The first-order valence-corrected chi connectivity index (χ1v) is 7.63. The van der Waals surface area contributed by atoms with Gasteiger partial charge in [0.1, 0.15) is 17.9 Å². The van der Waals surface area contributed by atoms with Crippen LogP contribution in [0.5, 0.6) is 5.75 Å². The van der Waals surface area contributed by atoms with E-state index >= 15 is 0 Å². The number of benzene rings is 1. The molecule has 0 spiro atoms. The monoisotopic (exact) mass is 324 g/mol. The topological polar surface area (TPSA) is 69.0 Å². The number of aryl methyl sites for hydroxylation is 1. The first kappa shape index (κ1) is 16.3. The maximum Gasteiger partial charge on any atom is 0.237 e. The number of halogens is 1. The zero-order chi connectivity index (χ0) is 16.1. The maximum atomic E-state index is 13.2. The summed E-state index contributed by atoms with van der Waals surface area (Å²) in [5, 5.41) is 10.7. The van der Waals surface area contributed by atoms with Gasteiger partial charge in [-0.05, 0) is 26.0 Å². The summed E-state index contributed by atoms with van der Waals surface area (Å²) in [6.07, 6.45) is 1.57. The second-order valence-corrected chi connectivity index (χ2v) is 5.86. The second kappa shape index (κ2) is 7.26. The smallest absolute Gasteiger partial charge is 0.237 e. The summed E-state index contributed by atoms with van der Waals surface area (Å²) in [6, 6.07) is 4.01. The minimum absolute atomic E-state index is 0.222. The van der Waals surface area contributed by atoms with Crippen LogP contribution < -0.4 is 10.1 Å². The Morgan fingerprint density at radius 1 is 1.55 bits per heavy atom. The lowest BCUT2D eigenvalue weighted by Crippen LogP contribution is -2.23. The number of hydrogen-bond donors (Lipinski definition) is 1. The quantitative estimate of drug-likeness (QED) is 0.827. The first-order valence-electron chi connectivity index (χ1n) is 6.75. The van der Waals surface area contributed by atoms with Crippen molar-refractivity contribution in [3.8, 4) is 5.75 Å². The van der Waals surface area contributed by atoms with Crippen LogP contribution in [0.15, 0.2) is 29.7 Å². The highest BCUT2D eigenvalue weighted by Crippen LogP contribution is 2.27. The van der Waals surface area contributed by atoms with E-state index in [0.717, 1.165) is 0 Å². The summed E-state index contributed by atoms with van der Waals surface area (Å²) in [6.45, 7) is 3.94. The van der Waals surface area contributed by atoms with Gasteiger partial charge in [-0.3, -0.25) is 4.79 Å². The number of carbonyl (C=O) groups excluding carboxylic acids is 1. The van der Waals surface area contributed by atoms with Crippen LogP contribution in [0.25, 0.3) is 0 Å². The Balaban J connectivity index is 2.06. The van der Waals surface area contributed by atoms with Crippen LogP contribution in [0.4, 0.5) is 10.1 Å². The molecule has 1 aromatic carbocycles. The van der Waals surface area contributed by atoms with Crippen molar-refractivity contribution < 1.29 is 13.9 Å². The number of anilines is 1. The van der Waals surface area contributed by atoms with Gasteiger partial charge in [0.2, 0.25) is 5.91 Å². The molecule has 1 amide bonds. The predicted molar refractivity (Wildman–Crippen MR) is 82.5 cm³/mol. The molecule has 0 aliphatic carbocycles. The molecule has 0 bridgehead atoms. The lowest BCUT2D eigenvalue weighted by atomic mass is 10.2. The van der Waals surface area contributed by atoms with Crippen molar-refractivity contribution in [2.45, 2.75) is 24.3 Å². The minimum atomic E-state index is -0.414. The lowest BCUT2D eigenvalue weighted by molar-refractivity contribution is -0.115. The Morgan fingerprint density at radius 3 is 2.95 bits per heavy atom. The van der Waals surface area contributed by atoms with E-state index in [1.165, 1.54) is 30.0 Å². The molecular formula is C14H17FN4O2S. The molecule has 0 saturated carbocycles. The molecule has 118 valence electrons. The van der Waals surface area contributed by atoms with Gasteiger partial charge >= 0.3 is 0 Å². The molecule has 22 heavy (non-hydrogen) atoms. The van der Waals surface area contributed by atoms with E-state index in [0.29, 0.717) is 23.2 Å². The van der Waals surface area contributed by atoms with Gasteiger partial charge in [0.15, 0.2) is 5.16 Å². The molecule has 1 unspecified atom stereocenters. The number of thioether (sulfide) groups is 1. The van der Waals surface area contributed by atoms with Gasteiger partial charge in [0, 0.05) is 13.1 Å². The molecule has 0 saturated heterocycles. The van der Waals surface area contributed by atoms with Gasteiger partial charge in [0.25, 0.3) is 0 Å². The van der Waals surface area contributed by atoms with Gasteiger partial charge in [-0.2, -0.15) is 0 Å². The van der Waals surface area contributed by atoms with Crippen molar-refractivity contribution in [3.05, 3.63) is 30.3 Å². The number of rotatable bonds is 6. The summed E-state index contributed by atoms with van der Waals surface area (Å²) < 4.78 is 20.3. The van der Waals surface area contributed by atoms with Crippen molar-refractivity contribution in [3.63, 3.8) is 0 Å². The van der Waals surface area contributed by atoms with E-state index in [-0.39, 0.29) is 11.2 Å². The number of hydrogen-bond acceptors (Lipinski definition) is 5. The van der Waals surface area contributed by atoms with Crippen LogP contribution in [0.2, 0.25) is 0 Å². The van der Waals surface area contributed by atoms with E-state index in [9.17, 15) is 9.18 Å². The number of nitrogens with zero attached hydrogens (tertiary/aromatic N) is 3. The van der Waals surface area contributed by atoms with E-state index in [4.69, 9.17) is 4.74 Å². The van der Waals surface area contributed by atoms with Crippen LogP contribution in [0.1, 0.15) is 13.8 Å². The van der Waals surface area contributed by atoms with Crippen LogP contribution in [-0.4, -0.2) is 32.5 Å². The Labute approximate surface area is 132 Å². The molecule has 6 nitrogen and oxygen atoms in total. The van der Waals surface area contributed by atoms with Gasteiger partial charge in [-0.1, -0.05) is 11.8 Å². The fraction of sp³-hybridized carbons (Fsp3) is 0.357. The molecule has 0 aliphatic rings. The Hall–Kier alpha value is -2.09. The zero-order valence-electron chi connectivity index (χ0n) is 12.5. The van der Waals surface area contributed by atoms with Gasteiger partial charge in [0.05, 0.1) is 17.5 Å². The number of aromatic nitrogens is 3. The Bertz CT molecular complexity index is 662. The largest absolute Gasteiger partial charge is 0.492 e. The average molecular weight is 324 g/mol. The number of carbonyl (C=O) groups is 1. The molecule has 1 N–H and O–H groups in total. The third-order valence-electron chi connectivity index (χ3n) is 2.82. The molecule has 0 radical (unpaired) electrons. The highest BCUT2D eigenvalue weighted by Gasteiger charge is 2.18. The van der Waals surface area contributed by atoms with Gasteiger partial charge < -0.3 is 14.6 Å².